The Kier molecular flexibility index (Phi) is 9.43. The van der Waals surface area contributed by atoms with E-state index in [0.717, 1.165) is 12.1 Å². The molecule has 190 valence electrons. The van der Waals surface area contributed by atoms with E-state index in [1.165, 1.54) is 22.7 Å². The molecule has 1 aliphatic rings. The average molecular weight is 534 g/mol. The molecule has 0 saturated carbocycles. The van der Waals surface area contributed by atoms with Gasteiger partial charge < -0.3 is 10.1 Å². The van der Waals surface area contributed by atoms with Gasteiger partial charge in [0.25, 0.3) is 23.4 Å². The van der Waals surface area contributed by atoms with Crippen LogP contribution in [0.3, 0.4) is 0 Å². The number of nitro groups is 1. The fourth-order valence-electron chi connectivity index (χ4n) is 3.61. The molecule has 0 radical (unpaired) electrons. The van der Waals surface area contributed by atoms with E-state index in [4.69, 9.17) is 16.3 Å². The minimum absolute atomic E-state index is 0.00478. The summed E-state index contributed by atoms with van der Waals surface area (Å²) in [5.41, 5.74) is 0.519. The van der Waals surface area contributed by atoms with Crippen LogP contribution in [0, 0.1) is 10.1 Å². The molecular formula is C24H24ClN3O7S. The Labute approximate surface area is 216 Å². The number of hydrogen-bond acceptors (Lipinski definition) is 8. The van der Waals surface area contributed by atoms with Crippen molar-refractivity contribution >= 4 is 52.7 Å². The van der Waals surface area contributed by atoms with Crippen LogP contribution in [0.2, 0.25) is 5.02 Å². The van der Waals surface area contributed by atoms with Gasteiger partial charge in [-0.05, 0) is 49.5 Å². The first-order valence-electron chi connectivity index (χ1n) is 11.1. The summed E-state index contributed by atoms with van der Waals surface area (Å²) in [4.78, 5) is 61.5. The molecule has 1 atom stereocenters. The molecule has 0 spiro atoms. The molecule has 0 aromatic heterocycles. The number of esters is 1. The number of carbonyl (C=O) groups excluding carboxylic acids is 4. The van der Waals surface area contributed by atoms with Gasteiger partial charge in [0.1, 0.15) is 6.04 Å². The van der Waals surface area contributed by atoms with E-state index < -0.39 is 22.8 Å². The Bertz CT molecular complexity index is 1160. The van der Waals surface area contributed by atoms with Crippen molar-refractivity contribution in [1.29, 1.82) is 0 Å². The van der Waals surface area contributed by atoms with Crippen LogP contribution in [0.5, 0.6) is 0 Å². The van der Waals surface area contributed by atoms with Crippen molar-refractivity contribution in [3.05, 3.63) is 74.3 Å². The van der Waals surface area contributed by atoms with Crippen LogP contribution in [0.1, 0.15) is 50.3 Å². The van der Waals surface area contributed by atoms with E-state index >= 15 is 0 Å². The number of carbonyl (C=O) groups is 4. The number of halogens is 1. The molecule has 1 N–H and O–H groups in total. The first-order chi connectivity index (χ1) is 17.2. The van der Waals surface area contributed by atoms with Crippen LogP contribution < -0.4 is 5.32 Å². The number of benzene rings is 2. The molecule has 12 heteroatoms. The second-order valence-corrected chi connectivity index (χ2v) is 9.30. The molecule has 3 rings (SSSR count). The van der Waals surface area contributed by atoms with Crippen molar-refractivity contribution < 1.29 is 28.8 Å². The third-order valence-corrected chi connectivity index (χ3v) is 6.46. The predicted molar refractivity (Wildman–Crippen MR) is 134 cm³/mol. The number of rotatable bonds is 12. The molecule has 36 heavy (non-hydrogen) atoms. The van der Waals surface area contributed by atoms with Crippen molar-refractivity contribution in [1.82, 2.24) is 10.2 Å². The monoisotopic (exact) mass is 533 g/mol. The lowest BCUT2D eigenvalue weighted by molar-refractivity contribution is -0.384. The maximum atomic E-state index is 12.7. The van der Waals surface area contributed by atoms with Crippen molar-refractivity contribution in [3.63, 3.8) is 0 Å². The van der Waals surface area contributed by atoms with Gasteiger partial charge in [-0.15, -0.1) is 0 Å². The maximum absolute atomic E-state index is 12.7. The zero-order chi connectivity index (χ0) is 26.2. The number of hydrogen-bond donors (Lipinski definition) is 1. The summed E-state index contributed by atoms with van der Waals surface area (Å²) in [6, 6.07) is 9.15. The molecule has 0 fully saturated rings. The van der Waals surface area contributed by atoms with Crippen LogP contribution >= 0.6 is 23.4 Å². The predicted octanol–water partition coefficient (Wildman–Crippen LogP) is 3.72. The average Bonchev–Trinajstić information content (AvgIpc) is 3.10. The highest BCUT2D eigenvalue weighted by atomic mass is 35.5. The van der Waals surface area contributed by atoms with Crippen LogP contribution in [-0.4, -0.2) is 64.7 Å². The summed E-state index contributed by atoms with van der Waals surface area (Å²) in [5.74, 6) is -1.37. The minimum atomic E-state index is -0.938. The first-order valence-corrected chi connectivity index (χ1v) is 12.9. The Morgan fingerprint density at radius 1 is 1.14 bits per heavy atom. The number of nitrogens with zero attached hydrogens (tertiary/aromatic N) is 2. The fourth-order valence-corrected chi connectivity index (χ4v) is 4.34. The molecule has 0 unspecified atom stereocenters. The Morgan fingerprint density at radius 3 is 2.39 bits per heavy atom. The number of thioether (sulfide) groups is 1. The SMILES string of the molecule is CSCC[C@H](NC(=O)c1ccc([N+](=O)[O-])cc1Cl)C(=O)OCCCCN1C(=O)c2ccccc2C1=O. The minimum Gasteiger partial charge on any atom is -0.464 e. The van der Waals surface area contributed by atoms with Gasteiger partial charge in [-0.3, -0.25) is 29.4 Å². The smallest absolute Gasteiger partial charge is 0.328 e. The van der Waals surface area contributed by atoms with Crippen molar-refractivity contribution in [2.24, 2.45) is 0 Å². The summed E-state index contributed by atoms with van der Waals surface area (Å²) in [6.07, 6.45) is 3.03. The summed E-state index contributed by atoms with van der Waals surface area (Å²) >= 11 is 7.51. The van der Waals surface area contributed by atoms with E-state index in [1.54, 1.807) is 24.3 Å². The molecule has 2 aromatic rings. The highest BCUT2D eigenvalue weighted by Crippen LogP contribution is 2.24. The van der Waals surface area contributed by atoms with Crippen molar-refractivity contribution in [3.8, 4) is 0 Å². The largest absolute Gasteiger partial charge is 0.464 e. The Balaban J connectivity index is 1.50. The number of nitrogens with one attached hydrogen (secondary N) is 1. The molecule has 0 bridgehead atoms. The maximum Gasteiger partial charge on any atom is 0.328 e. The lowest BCUT2D eigenvalue weighted by Gasteiger charge is -2.18. The van der Waals surface area contributed by atoms with E-state index in [0.29, 0.717) is 36.1 Å². The van der Waals surface area contributed by atoms with Gasteiger partial charge in [0.15, 0.2) is 0 Å². The van der Waals surface area contributed by atoms with Crippen LogP contribution in [-0.2, 0) is 9.53 Å². The van der Waals surface area contributed by atoms with Crippen molar-refractivity contribution in [2.75, 3.05) is 25.2 Å². The zero-order valence-corrected chi connectivity index (χ0v) is 21.0. The van der Waals surface area contributed by atoms with Crippen molar-refractivity contribution in [2.45, 2.75) is 25.3 Å². The molecule has 3 amide bonds. The van der Waals surface area contributed by atoms with Gasteiger partial charge in [-0.1, -0.05) is 23.7 Å². The number of amides is 3. The zero-order valence-electron chi connectivity index (χ0n) is 19.4. The van der Waals surface area contributed by atoms with Gasteiger partial charge >= 0.3 is 5.97 Å². The lowest BCUT2D eigenvalue weighted by atomic mass is 10.1. The summed E-state index contributed by atoms with van der Waals surface area (Å²) in [6.45, 7) is 0.251. The standard InChI is InChI=1S/C24H24ClN3O7S/c1-36-13-10-20(26-21(29)18-9-8-15(28(33)34)14-19(18)25)24(32)35-12-5-4-11-27-22(30)16-6-2-3-7-17(16)23(27)31/h2-3,6-9,14,20H,4-5,10-13H2,1H3,(H,26,29)/t20-/m0/s1. The molecule has 0 saturated heterocycles. The topological polar surface area (TPSA) is 136 Å². The van der Waals surface area contributed by atoms with Crippen LogP contribution in [0.15, 0.2) is 42.5 Å². The second-order valence-electron chi connectivity index (χ2n) is 7.91. The molecule has 1 aliphatic heterocycles. The highest BCUT2D eigenvalue weighted by Gasteiger charge is 2.34. The summed E-state index contributed by atoms with van der Waals surface area (Å²) < 4.78 is 5.33. The fraction of sp³-hybridized carbons (Fsp3) is 0.333. The van der Waals surface area contributed by atoms with Gasteiger partial charge in [0, 0.05) is 18.7 Å². The van der Waals surface area contributed by atoms with Crippen LogP contribution in [0.4, 0.5) is 5.69 Å². The molecule has 2 aromatic carbocycles. The lowest BCUT2D eigenvalue weighted by Crippen LogP contribution is -2.42. The molecular weight excluding hydrogens is 510 g/mol. The van der Waals surface area contributed by atoms with Gasteiger partial charge in [0.2, 0.25) is 0 Å². The third-order valence-electron chi connectivity index (χ3n) is 5.51. The second kappa shape index (κ2) is 12.5. The van der Waals surface area contributed by atoms with E-state index in [-0.39, 0.29) is 41.2 Å². The summed E-state index contributed by atoms with van der Waals surface area (Å²) in [7, 11) is 0. The Morgan fingerprint density at radius 2 is 1.81 bits per heavy atom. The molecule has 0 aliphatic carbocycles. The number of imide groups is 1. The summed E-state index contributed by atoms with van der Waals surface area (Å²) in [5, 5.41) is 13.4. The van der Waals surface area contributed by atoms with Crippen LogP contribution in [0.25, 0.3) is 0 Å². The quantitative estimate of drug-likeness (QED) is 0.143. The molecule has 1 heterocycles. The van der Waals surface area contributed by atoms with E-state index in [9.17, 15) is 29.3 Å². The Hall–Kier alpha value is -3.44. The van der Waals surface area contributed by atoms with Gasteiger partial charge in [0.05, 0.1) is 33.2 Å². The van der Waals surface area contributed by atoms with E-state index in [2.05, 4.69) is 5.32 Å². The number of fused-ring (bicyclic) bond motifs is 1. The first kappa shape index (κ1) is 27.2. The normalized spacial score (nSPS) is 13.3. The van der Waals surface area contributed by atoms with E-state index in [1.807, 2.05) is 6.26 Å². The van der Waals surface area contributed by atoms with Gasteiger partial charge in [-0.2, -0.15) is 11.8 Å². The van der Waals surface area contributed by atoms with Gasteiger partial charge in [-0.25, -0.2) is 4.79 Å². The third kappa shape index (κ3) is 6.41. The number of ether oxygens (including phenoxy) is 1. The molecule has 10 nitrogen and oxygen atoms in total. The number of nitro benzene ring substituents is 1. The number of non-ortho nitro benzene ring substituents is 1. The number of unbranched alkanes of at least 4 members (excludes halogenated alkanes) is 1. The highest BCUT2D eigenvalue weighted by molar-refractivity contribution is 7.98.